The topological polar surface area (TPSA) is 70.0 Å². The highest BCUT2D eigenvalue weighted by Gasteiger charge is 2.14. The lowest BCUT2D eigenvalue weighted by molar-refractivity contribution is 0.485. The zero-order valence-corrected chi connectivity index (χ0v) is 11.4. The summed E-state index contributed by atoms with van der Waals surface area (Å²) in [5.74, 6) is 0. The van der Waals surface area contributed by atoms with Crippen molar-refractivity contribution in [3.63, 3.8) is 0 Å². The van der Waals surface area contributed by atoms with Gasteiger partial charge in [-0.25, -0.2) is 9.18 Å². The second kappa shape index (κ2) is 5.32. The summed E-state index contributed by atoms with van der Waals surface area (Å²) < 4.78 is 15.1. The van der Waals surface area contributed by atoms with Gasteiger partial charge in [-0.3, -0.25) is 13.9 Å². The van der Waals surface area contributed by atoms with Crippen LogP contribution in [0, 0.1) is 6.92 Å². The number of benzene rings is 1. The van der Waals surface area contributed by atoms with Crippen LogP contribution in [0.2, 0.25) is 0 Å². The predicted molar refractivity (Wildman–Crippen MR) is 75.9 cm³/mol. The molecule has 0 fully saturated rings. The van der Waals surface area contributed by atoms with Crippen LogP contribution in [0.4, 0.5) is 10.1 Å². The molecule has 1 aromatic carbocycles. The molecule has 1 heterocycles. The average Bonchev–Trinajstić information content (AvgIpc) is 2.46. The Labute approximate surface area is 115 Å². The van der Waals surface area contributed by atoms with Gasteiger partial charge in [0.2, 0.25) is 0 Å². The molecule has 5 nitrogen and oxygen atoms in total. The van der Waals surface area contributed by atoms with Gasteiger partial charge in [-0.15, -0.1) is 0 Å². The molecule has 106 valence electrons. The molecule has 0 aliphatic carbocycles. The highest BCUT2D eigenvalue weighted by Crippen LogP contribution is 2.13. The number of hydrogen-bond acceptors (Lipinski definition) is 3. The van der Waals surface area contributed by atoms with Gasteiger partial charge in [0.15, 0.2) is 0 Å². The third-order valence-electron chi connectivity index (χ3n) is 3.26. The van der Waals surface area contributed by atoms with E-state index in [1.165, 1.54) is 4.57 Å². The van der Waals surface area contributed by atoms with Crippen LogP contribution in [0.1, 0.15) is 18.2 Å². The quantitative estimate of drug-likeness (QED) is 0.921. The van der Waals surface area contributed by atoms with E-state index < -0.39 is 17.9 Å². The van der Waals surface area contributed by atoms with Gasteiger partial charge in [-0.05, 0) is 31.5 Å². The van der Waals surface area contributed by atoms with Crippen LogP contribution >= 0.6 is 0 Å². The lowest BCUT2D eigenvalue weighted by Gasteiger charge is -2.15. The third-order valence-corrected chi connectivity index (χ3v) is 3.26. The van der Waals surface area contributed by atoms with Gasteiger partial charge in [0.05, 0.1) is 11.4 Å². The van der Waals surface area contributed by atoms with Crippen molar-refractivity contribution in [3.05, 3.63) is 56.4 Å². The number of rotatable bonds is 3. The number of nitrogens with zero attached hydrogens (tertiary/aromatic N) is 2. The first-order chi connectivity index (χ1) is 9.51. The van der Waals surface area contributed by atoms with Crippen LogP contribution < -0.4 is 17.0 Å². The Morgan fingerprint density at radius 1 is 1.30 bits per heavy atom. The first-order valence-electron chi connectivity index (χ1n) is 6.28. The largest absolute Gasteiger partial charge is 0.393 e. The first-order valence-corrected chi connectivity index (χ1v) is 6.28. The number of aromatic nitrogens is 2. The third kappa shape index (κ3) is 2.13. The Kier molecular flexibility index (Phi) is 3.74. The SMILES string of the molecule is CCn1c(=O)c(N)c(C)n(-c2cccc(CF)c2)c1=O. The Morgan fingerprint density at radius 2 is 2.00 bits per heavy atom. The second-order valence-electron chi connectivity index (χ2n) is 4.47. The zero-order valence-electron chi connectivity index (χ0n) is 11.4. The fraction of sp³-hybridized carbons (Fsp3) is 0.286. The van der Waals surface area contributed by atoms with Crippen molar-refractivity contribution in [1.29, 1.82) is 0 Å². The fourth-order valence-electron chi connectivity index (χ4n) is 2.13. The Bertz CT molecular complexity index is 762. The van der Waals surface area contributed by atoms with Crippen LogP contribution in [0.5, 0.6) is 0 Å². The normalized spacial score (nSPS) is 10.8. The molecule has 2 N–H and O–H groups in total. The van der Waals surface area contributed by atoms with Crippen LogP contribution in [0.3, 0.4) is 0 Å². The van der Waals surface area contributed by atoms with Crippen molar-refractivity contribution in [2.45, 2.75) is 27.1 Å². The van der Waals surface area contributed by atoms with E-state index in [9.17, 15) is 14.0 Å². The molecule has 2 rings (SSSR count). The smallest absolute Gasteiger partial charge is 0.335 e. The number of anilines is 1. The molecule has 0 saturated carbocycles. The van der Waals surface area contributed by atoms with Crippen molar-refractivity contribution in [3.8, 4) is 5.69 Å². The Balaban J connectivity index is 2.83. The molecule has 0 saturated heterocycles. The van der Waals surface area contributed by atoms with Crippen molar-refractivity contribution < 1.29 is 4.39 Å². The maximum atomic E-state index is 12.7. The number of hydrogen-bond donors (Lipinski definition) is 1. The number of nitrogen functional groups attached to an aromatic ring is 1. The fourth-order valence-corrected chi connectivity index (χ4v) is 2.13. The van der Waals surface area contributed by atoms with Gasteiger partial charge in [0.25, 0.3) is 5.56 Å². The maximum absolute atomic E-state index is 12.7. The number of alkyl halides is 1. The summed E-state index contributed by atoms with van der Waals surface area (Å²) in [4.78, 5) is 24.3. The minimum atomic E-state index is -0.620. The highest BCUT2D eigenvalue weighted by molar-refractivity contribution is 5.46. The van der Waals surface area contributed by atoms with Gasteiger partial charge in [-0.2, -0.15) is 0 Å². The summed E-state index contributed by atoms with van der Waals surface area (Å²) in [6.45, 7) is 2.90. The van der Waals surface area contributed by atoms with E-state index in [4.69, 9.17) is 5.73 Å². The molecule has 0 atom stereocenters. The van der Waals surface area contributed by atoms with Crippen LogP contribution in [-0.4, -0.2) is 9.13 Å². The molecule has 0 unspecified atom stereocenters. The summed E-state index contributed by atoms with van der Waals surface area (Å²) >= 11 is 0. The second-order valence-corrected chi connectivity index (χ2v) is 4.47. The van der Waals surface area contributed by atoms with E-state index >= 15 is 0 Å². The molecule has 0 bridgehead atoms. The average molecular weight is 277 g/mol. The van der Waals surface area contributed by atoms with Crippen LogP contribution in [0.15, 0.2) is 33.9 Å². The van der Waals surface area contributed by atoms with Crippen LogP contribution in [-0.2, 0) is 13.2 Å². The van der Waals surface area contributed by atoms with Crippen molar-refractivity contribution >= 4 is 5.69 Å². The predicted octanol–water partition coefficient (Wildman–Crippen LogP) is 1.38. The standard InChI is InChI=1S/C14H16FN3O2/c1-3-17-13(19)12(16)9(2)18(14(17)20)11-6-4-5-10(7-11)8-15/h4-7H,3,8,16H2,1-2H3. The molecule has 2 aromatic rings. The summed E-state index contributed by atoms with van der Waals surface area (Å²) in [6.07, 6.45) is 0. The van der Waals surface area contributed by atoms with E-state index in [0.29, 0.717) is 16.9 Å². The molecule has 1 aromatic heterocycles. The van der Waals surface area contributed by atoms with Crippen molar-refractivity contribution in [2.24, 2.45) is 0 Å². The minimum Gasteiger partial charge on any atom is -0.393 e. The van der Waals surface area contributed by atoms with Gasteiger partial charge in [-0.1, -0.05) is 12.1 Å². The molecule has 0 aliphatic heterocycles. The molecule has 0 aliphatic rings. The molecule has 0 amide bonds. The van der Waals surface area contributed by atoms with Gasteiger partial charge >= 0.3 is 5.69 Å². The molecule has 6 heteroatoms. The monoisotopic (exact) mass is 277 g/mol. The van der Waals surface area contributed by atoms with Gasteiger partial charge < -0.3 is 5.73 Å². The molecular formula is C14H16FN3O2. The summed E-state index contributed by atoms with van der Waals surface area (Å²) in [5.41, 5.74) is 6.15. The van der Waals surface area contributed by atoms with Crippen molar-refractivity contribution in [1.82, 2.24) is 9.13 Å². The summed E-state index contributed by atoms with van der Waals surface area (Å²) in [6, 6.07) is 6.53. The lowest BCUT2D eigenvalue weighted by atomic mass is 10.2. The minimum absolute atomic E-state index is 0.0251. The molecule has 0 radical (unpaired) electrons. The van der Waals surface area contributed by atoms with Crippen molar-refractivity contribution in [2.75, 3.05) is 5.73 Å². The van der Waals surface area contributed by atoms with E-state index in [1.54, 1.807) is 38.1 Å². The van der Waals surface area contributed by atoms with E-state index in [-0.39, 0.29) is 12.2 Å². The molecule has 0 spiro atoms. The van der Waals surface area contributed by atoms with Crippen LogP contribution in [0.25, 0.3) is 5.69 Å². The highest BCUT2D eigenvalue weighted by atomic mass is 19.1. The zero-order chi connectivity index (χ0) is 14.9. The van der Waals surface area contributed by atoms with Gasteiger partial charge in [0, 0.05) is 6.54 Å². The molecule has 20 heavy (non-hydrogen) atoms. The summed E-state index contributed by atoms with van der Waals surface area (Å²) in [7, 11) is 0. The summed E-state index contributed by atoms with van der Waals surface area (Å²) in [5, 5.41) is 0. The van der Waals surface area contributed by atoms with E-state index in [0.717, 1.165) is 4.57 Å². The lowest BCUT2D eigenvalue weighted by Crippen LogP contribution is -2.41. The maximum Gasteiger partial charge on any atom is 0.335 e. The number of nitrogens with two attached hydrogens (primary N) is 1. The molecular weight excluding hydrogens is 261 g/mol. The van der Waals surface area contributed by atoms with Gasteiger partial charge in [0.1, 0.15) is 12.4 Å². The number of halogens is 1. The first kappa shape index (κ1) is 14.0. The Morgan fingerprint density at radius 3 is 2.60 bits per heavy atom. The Hall–Kier alpha value is -2.37. The van der Waals surface area contributed by atoms with E-state index in [2.05, 4.69) is 0 Å². The van der Waals surface area contributed by atoms with E-state index in [1.807, 2.05) is 0 Å².